The molecule has 5 heterocycles. The second-order valence-electron chi connectivity index (χ2n) is 11.9. The minimum absolute atomic E-state index is 0.0298. The summed E-state index contributed by atoms with van der Waals surface area (Å²) in [4.78, 5) is 24.1. The van der Waals surface area contributed by atoms with Gasteiger partial charge in [-0.3, -0.25) is 9.69 Å². The van der Waals surface area contributed by atoms with Crippen LogP contribution < -0.4 is 10.7 Å². The van der Waals surface area contributed by atoms with Gasteiger partial charge >= 0.3 is 0 Å². The normalized spacial score (nSPS) is 27.9. The zero-order valence-corrected chi connectivity index (χ0v) is 24.5. The summed E-state index contributed by atoms with van der Waals surface area (Å²) in [5, 5.41) is 13.8. The monoisotopic (exact) mass is 603 g/mol. The van der Waals surface area contributed by atoms with E-state index in [-0.39, 0.29) is 53.5 Å². The molecule has 3 aliphatic rings. The Labute approximate surface area is 246 Å². The molecule has 2 bridgehead atoms. The minimum Gasteiger partial charge on any atom is -0.386 e. The number of morpholine rings is 1. The molecular weight excluding hydrogens is 567 g/mol. The van der Waals surface area contributed by atoms with E-state index in [1.165, 1.54) is 12.1 Å². The number of aromatic nitrogens is 3. The molecule has 3 fully saturated rings. The van der Waals surface area contributed by atoms with Gasteiger partial charge in [0, 0.05) is 41.3 Å². The van der Waals surface area contributed by atoms with Gasteiger partial charge in [0.1, 0.15) is 11.8 Å². The second kappa shape index (κ2) is 11.8. The summed E-state index contributed by atoms with van der Waals surface area (Å²) in [5.41, 5.74) is -0.301. The molecule has 13 heteroatoms. The molecule has 0 amide bonds. The van der Waals surface area contributed by atoms with Crippen molar-refractivity contribution in [3.05, 3.63) is 51.7 Å². The molecule has 0 spiro atoms. The number of nitrogens with zero attached hydrogens (tertiary/aromatic N) is 4. The van der Waals surface area contributed by atoms with Crippen LogP contribution in [-0.4, -0.2) is 81.0 Å². The molecule has 0 aliphatic carbocycles. The van der Waals surface area contributed by atoms with Crippen LogP contribution in [0.4, 0.5) is 19.1 Å². The number of halogens is 3. The molecule has 3 aliphatic heterocycles. The summed E-state index contributed by atoms with van der Waals surface area (Å²) in [6.07, 6.45) is -3.36. The average Bonchev–Trinajstić information content (AvgIpc) is 3.37. The molecule has 3 aromatic rings. The predicted molar refractivity (Wildman–Crippen MR) is 152 cm³/mol. The number of fused-ring (bicyclic) bond motifs is 3. The standard InChI is InChI=1S/C30H36F3N5O5/c1-14(2)38-22-7-17(25-20(31)9-34-30(36-25)35-21-8-18-13-42-29(43-18)27(21)40)5-6-19(22)26(39)24(28(32)33)23(38)10-37-15(3)11-41-12-16(37)4/h5-7,9,14-16,18,21,27-29,40H,8,10-13H2,1-4H3,(H,34,35,36)/t15-,16-,18-,21+,27-,29+/m0/s1. The van der Waals surface area contributed by atoms with Gasteiger partial charge in [0.25, 0.3) is 6.43 Å². The van der Waals surface area contributed by atoms with Crippen molar-refractivity contribution in [3.63, 3.8) is 0 Å². The molecule has 10 nitrogen and oxygen atoms in total. The van der Waals surface area contributed by atoms with Crippen molar-refractivity contribution >= 4 is 16.9 Å². The first-order valence-corrected chi connectivity index (χ1v) is 14.6. The lowest BCUT2D eigenvalue weighted by Gasteiger charge is -2.40. The number of hydrogen-bond donors (Lipinski definition) is 2. The van der Waals surface area contributed by atoms with Gasteiger partial charge in [-0.05, 0) is 46.2 Å². The molecule has 6 rings (SSSR count). The van der Waals surface area contributed by atoms with Crippen LogP contribution in [-0.2, 0) is 20.8 Å². The van der Waals surface area contributed by atoms with Gasteiger partial charge in [0.05, 0.1) is 49.2 Å². The lowest BCUT2D eigenvalue weighted by atomic mass is 10.0. The summed E-state index contributed by atoms with van der Waals surface area (Å²) >= 11 is 0. The molecular formula is C30H36F3N5O5. The lowest BCUT2D eigenvalue weighted by Crippen LogP contribution is -2.49. The Hall–Kier alpha value is -3.10. The third-order valence-corrected chi connectivity index (χ3v) is 8.58. The molecule has 1 aromatic carbocycles. The minimum atomic E-state index is -2.97. The fourth-order valence-corrected chi connectivity index (χ4v) is 6.45. The first kappa shape index (κ1) is 29.9. The number of aliphatic hydroxyl groups is 1. The van der Waals surface area contributed by atoms with E-state index in [0.717, 1.165) is 6.20 Å². The maximum absolute atomic E-state index is 15.2. The Morgan fingerprint density at radius 3 is 2.60 bits per heavy atom. The van der Waals surface area contributed by atoms with Crippen molar-refractivity contribution in [3.8, 4) is 11.3 Å². The molecule has 0 saturated carbocycles. The quantitative estimate of drug-likeness (QED) is 0.414. The van der Waals surface area contributed by atoms with E-state index in [9.17, 15) is 18.7 Å². The molecule has 43 heavy (non-hydrogen) atoms. The van der Waals surface area contributed by atoms with Gasteiger partial charge in [-0.25, -0.2) is 23.1 Å². The van der Waals surface area contributed by atoms with E-state index < -0.39 is 41.7 Å². The molecule has 2 N–H and O–H groups in total. The number of anilines is 1. The highest BCUT2D eigenvalue weighted by molar-refractivity contribution is 5.85. The molecule has 2 aromatic heterocycles. The number of aliphatic hydroxyl groups excluding tert-OH is 1. The van der Waals surface area contributed by atoms with E-state index >= 15 is 4.39 Å². The van der Waals surface area contributed by atoms with E-state index in [1.54, 1.807) is 10.6 Å². The van der Waals surface area contributed by atoms with E-state index in [1.807, 2.05) is 27.7 Å². The average molecular weight is 604 g/mol. The van der Waals surface area contributed by atoms with E-state index in [4.69, 9.17) is 14.2 Å². The summed E-state index contributed by atoms with van der Waals surface area (Å²) in [6, 6.07) is 3.74. The highest BCUT2D eigenvalue weighted by Gasteiger charge is 2.43. The highest BCUT2D eigenvalue weighted by atomic mass is 19.3. The number of benzene rings is 1. The van der Waals surface area contributed by atoms with Crippen LogP contribution in [0, 0.1) is 5.82 Å². The molecule has 0 unspecified atom stereocenters. The number of nitrogens with one attached hydrogen (secondary N) is 1. The van der Waals surface area contributed by atoms with Gasteiger partial charge < -0.3 is 29.2 Å². The van der Waals surface area contributed by atoms with Crippen LogP contribution in [0.25, 0.3) is 22.2 Å². The Balaban J connectivity index is 1.44. The van der Waals surface area contributed by atoms with Crippen LogP contribution in [0.1, 0.15) is 57.8 Å². The Kier molecular flexibility index (Phi) is 8.20. The second-order valence-corrected chi connectivity index (χ2v) is 11.9. The number of rotatable bonds is 7. The van der Waals surface area contributed by atoms with E-state index in [2.05, 4.69) is 20.2 Å². The summed E-state index contributed by atoms with van der Waals surface area (Å²) in [5.74, 6) is -0.591. The largest absolute Gasteiger partial charge is 0.386 e. The fourth-order valence-electron chi connectivity index (χ4n) is 6.45. The lowest BCUT2D eigenvalue weighted by molar-refractivity contribution is -0.156. The van der Waals surface area contributed by atoms with Gasteiger partial charge in [-0.15, -0.1) is 0 Å². The zero-order chi connectivity index (χ0) is 30.6. The van der Waals surface area contributed by atoms with Gasteiger partial charge in [-0.1, -0.05) is 6.07 Å². The van der Waals surface area contributed by atoms with E-state index in [0.29, 0.717) is 37.3 Å². The predicted octanol–water partition coefficient (Wildman–Crippen LogP) is 4.01. The third-order valence-electron chi connectivity index (χ3n) is 8.58. The molecule has 3 saturated heterocycles. The Morgan fingerprint density at radius 2 is 1.91 bits per heavy atom. The van der Waals surface area contributed by atoms with Crippen molar-refractivity contribution in [2.24, 2.45) is 0 Å². The first-order chi connectivity index (χ1) is 20.5. The van der Waals surface area contributed by atoms with Crippen LogP contribution in [0.3, 0.4) is 0 Å². The molecule has 232 valence electrons. The summed E-state index contributed by atoms with van der Waals surface area (Å²) in [7, 11) is 0. The van der Waals surface area contributed by atoms with Crippen molar-refractivity contribution in [2.75, 3.05) is 25.1 Å². The van der Waals surface area contributed by atoms with Crippen LogP contribution in [0.15, 0.2) is 29.2 Å². The maximum Gasteiger partial charge on any atom is 0.269 e. The first-order valence-electron chi connectivity index (χ1n) is 14.6. The number of ether oxygens (including phenoxy) is 3. The van der Waals surface area contributed by atoms with Crippen molar-refractivity contribution in [2.45, 2.75) is 89.8 Å². The van der Waals surface area contributed by atoms with Crippen molar-refractivity contribution < 1.29 is 32.5 Å². The maximum atomic E-state index is 15.2. The SMILES string of the molecule is CC(C)n1c(CN2[C@@H](C)COC[C@@H]2C)c(C(F)F)c(=O)c2ccc(-c3nc(N[C@@H]4C[C@H]5CO[C@H](O5)[C@H]4O)ncc3F)cc21. The Bertz CT molecular complexity index is 1560. The zero-order valence-electron chi connectivity index (χ0n) is 24.5. The van der Waals surface area contributed by atoms with Crippen LogP contribution in [0.5, 0.6) is 0 Å². The van der Waals surface area contributed by atoms with Gasteiger partial charge in [0.2, 0.25) is 5.95 Å². The van der Waals surface area contributed by atoms with Crippen molar-refractivity contribution in [1.29, 1.82) is 0 Å². The van der Waals surface area contributed by atoms with Gasteiger partial charge in [-0.2, -0.15) is 0 Å². The number of hydrogen-bond acceptors (Lipinski definition) is 9. The molecule has 0 radical (unpaired) electrons. The molecule has 6 atom stereocenters. The topological polar surface area (TPSA) is 111 Å². The third kappa shape index (κ3) is 5.53. The van der Waals surface area contributed by atoms with Crippen molar-refractivity contribution in [1.82, 2.24) is 19.4 Å². The van der Waals surface area contributed by atoms with Gasteiger partial charge in [0.15, 0.2) is 17.5 Å². The number of pyridine rings is 1. The number of alkyl halides is 2. The summed E-state index contributed by atoms with van der Waals surface area (Å²) < 4.78 is 62.7. The van der Waals surface area contributed by atoms with Crippen LogP contribution >= 0.6 is 0 Å². The fraction of sp³-hybridized carbons (Fsp3) is 0.567. The van der Waals surface area contributed by atoms with Crippen LogP contribution in [0.2, 0.25) is 0 Å². The Morgan fingerprint density at radius 1 is 1.16 bits per heavy atom. The summed E-state index contributed by atoms with van der Waals surface area (Å²) in [6.45, 7) is 9.10. The highest BCUT2D eigenvalue weighted by Crippen LogP contribution is 2.33. The smallest absolute Gasteiger partial charge is 0.269 e.